The van der Waals surface area contributed by atoms with Crippen LogP contribution in [-0.4, -0.2) is 73.0 Å². The molecule has 5 heteroatoms. The fraction of sp³-hybridized carbons (Fsp3) is 0.696. The molecule has 0 bridgehead atoms. The van der Waals surface area contributed by atoms with Crippen molar-refractivity contribution in [3.8, 4) is 5.75 Å². The maximum Gasteiger partial charge on any atom is 0.239 e. The van der Waals surface area contributed by atoms with Crippen LogP contribution in [-0.2, 0) is 11.3 Å². The lowest BCUT2D eigenvalue weighted by molar-refractivity contribution is -0.139. The van der Waals surface area contributed by atoms with Crippen LogP contribution < -0.4 is 4.74 Å². The molecule has 0 unspecified atom stereocenters. The van der Waals surface area contributed by atoms with E-state index in [9.17, 15) is 4.79 Å². The van der Waals surface area contributed by atoms with Crippen LogP contribution in [0.3, 0.4) is 0 Å². The van der Waals surface area contributed by atoms with Crippen molar-refractivity contribution < 1.29 is 9.53 Å². The molecule has 2 fully saturated rings. The predicted molar refractivity (Wildman–Crippen MR) is 114 cm³/mol. The number of rotatable bonds is 5. The molecule has 2 aliphatic rings. The Bertz CT molecular complexity index is 660. The highest BCUT2D eigenvalue weighted by molar-refractivity contribution is 5.81. The van der Waals surface area contributed by atoms with E-state index in [-0.39, 0.29) is 6.04 Å². The summed E-state index contributed by atoms with van der Waals surface area (Å²) in [6.07, 6.45) is 1.24. The smallest absolute Gasteiger partial charge is 0.239 e. The number of aryl methyl sites for hydroxylation is 1. The number of piperidine rings is 1. The van der Waals surface area contributed by atoms with Gasteiger partial charge in [-0.25, -0.2) is 0 Å². The minimum atomic E-state index is -0.0202. The zero-order valence-corrected chi connectivity index (χ0v) is 18.3. The number of hydrogen-bond donors (Lipinski definition) is 0. The van der Waals surface area contributed by atoms with E-state index < -0.39 is 0 Å². The Kier molecular flexibility index (Phi) is 7.00. The Morgan fingerprint density at radius 1 is 1.14 bits per heavy atom. The molecular weight excluding hydrogens is 350 g/mol. The monoisotopic (exact) mass is 387 g/mol. The van der Waals surface area contributed by atoms with Crippen LogP contribution in [0.1, 0.15) is 38.3 Å². The van der Waals surface area contributed by atoms with Gasteiger partial charge in [-0.3, -0.25) is 14.6 Å². The molecule has 2 aliphatic heterocycles. The van der Waals surface area contributed by atoms with Crippen molar-refractivity contribution in [3.63, 3.8) is 0 Å². The maximum absolute atomic E-state index is 13.0. The van der Waals surface area contributed by atoms with E-state index in [0.29, 0.717) is 17.7 Å². The third-order valence-electron chi connectivity index (χ3n) is 6.32. The number of amides is 1. The minimum absolute atomic E-state index is 0.0202. The summed E-state index contributed by atoms with van der Waals surface area (Å²) in [4.78, 5) is 20.0. The summed E-state index contributed by atoms with van der Waals surface area (Å²) in [6.45, 7) is 15.3. The zero-order chi connectivity index (χ0) is 20.3. The van der Waals surface area contributed by atoms with Gasteiger partial charge in [0.05, 0.1) is 13.2 Å². The van der Waals surface area contributed by atoms with Crippen LogP contribution in [0.2, 0.25) is 0 Å². The van der Waals surface area contributed by atoms with Gasteiger partial charge in [-0.15, -0.1) is 0 Å². The van der Waals surface area contributed by atoms with Gasteiger partial charge in [0.25, 0.3) is 0 Å². The summed E-state index contributed by atoms with van der Waals surface area (Å²) in [5.74, 6) is 2.50. The highest BCUT2D eigenvalue weighted by atomic mass is 16.5. The van der Waals surface area contributed by atoms with Crippen molar-refractivity contribution in [2.24, 2.45) is 11.8 Å². The molecule has 0 N–H and O–H groups in total. The number of piperazine rings is 1. The first-order chi connectivity index (χ1) is 13.4. The molecule has 2 saturated heterocycles. The van der Waals surface area contributed by atoms with Crippen LogP contribution in [0.5, 0.6) is 5.75 Å². The summed E-state index contributed by atoms with van der Waals surface area (Å²) in [6, 6.07) is 6.35. The van der Waals surface area contributed by atoms with Crippen LogP contribution in [0, 0.1) is 18.8 Å². The highest BCUT2D eigenvalue weighted by Crippen LogP contribution is 2.24. The molecule has 2 heterocycles. The van der Waals surface area contributed by atoms with Crippen LogP contribution in [0.4, 0.5) is 0 Å². The van der Waals surface area contributed by atoms with Gasteiger partial charge in [0, 0.05) is 51.4 Å². The Hall–Kier alpha value is -1.59. The summed E-state index contributed by atoms with van der Waals surface area (Å²) < 4.78 is 5.53. The molecule has 156 valence electrons. The Balaban J connectivity index is 1.53. The van der Waals surface area contributed by atoms with Crippen LogP contribution >= 0.6 is 0 Å². The molecule has 0 aromatic heterocycles. The summed E-state index contributed by atoms with van der Waals surface area (Å²) in [5.41, 5.74) is 2.51. The number of carbonyl (C=O) groups is 1. The van der Waals surface area contributed by atoms with Crippen molar-refractivity contribution in [2.75, 3.05) is 46.4 Å². The SMILES string of the molecule is COc1ccc(C)cc1CN1CCN([C@@H](C)C(=O)N2C[C@H](C)C[C@H](C)C2)CC1. The predicted octanol–water partition coefficient (Wildman–Crippen LogP) is 3.01. The summed E-state index contributed by atoms with van der Waals surface area (Å²) >= 11 is 0. The average Bonchev–Trinajstić information content (AvgIpc) is 2.67. The van der Waals surface area contributed by atoms with Crippen molar-refractivity contribution >= 4 is 5.91 Å². The van der Waals surface area contributed by atoms with Gasteiger partial charge in [0.15, 0.2) is 0 Å². The lowest BCUT2D eigenvalue weighted by Crippen LogP contribution is -2.56. The number of carbonyl (C=O) groups excluding carboxylic acids is 1. The van der Waals surface area contributed by atoms with Crippen molar-refractivity contribution in [1.82, 2.24) is 14.7 Å². The maximum atomic E-state index is 13.0. The first kappa shape index (κ1) is 21.1. The third kappa shape index (κ3) is 5.06. The molecule has 28 heavy (non-hydrogen) atoms. The Morgan fingerprint density at radius 2 is 1.79 bits per heavy atom. The molecule has 1 aromatic carbocycles. The number of nitrogens with zero attached hydrogens (tertiary/aromatic N) is 3. The molecule has 0 spiro atoms. The molecule has 3 rings (SSSR count). The largest absolute Gasteiger partial charge is 0.496 e. The molecule has 5 nitrogen and oxygen atoms in total. The van der Waals surface area contributed by atoms with E-state index >= 15 is 0 Å². The standard InChI is InChI=1S/C23H37N3O2/c1-17-6-7-22(28-5)21(13-17)16-24-8-10-25(11-9-24)20(4)23(27)26-14-18(2)12-19(3)15-26/h6-7,13,18-20H,8-12,14-16H2,1-5H3/t18-,19+,20-/m0/s1. The van der Waals surface area contributed by atoms with Gasteiger partial charge in [-0.1, -0.05) is 31.5 Å². The summed E-state index contributed by atoms with van der Waals surface area (Å²) in [7, 11) is 1.74. The third-order valence-corrected chi connectivity index (χ3v) is 6.32. The van der Waals surface area contributed by atoms with Gasteiger partial charge in [-0.2, -0.15) is 0 Å². The number of ether oxygens (including phenoxy) is 1. The van der Waals surface area contributed by atoms with E-state index in [4.69, 9.17) is 4.74 Å². The lowest BCUT2D eigenvalue weighted by Gasteiger charge is -2.41. The second-order valence-corrected chi connectivity index (χ2v) is 8.99. The molecular formula is C23H37N3O2. The molecule has 0 radical (unpaired) electrons. The fourth-order valence-electron chi connectivity index (χ4n) is 4.84. The fourth-order valence-corrected chi connectivity index (χ4v) is 4.84. The van der Waals surface area contributed by atoms with E-state index in [1.807, 2.05) is 0 Å². The molecule has 0 aliphatic carbocycles. The topological polar surface area (TPSA) is 36.0 Å². The highest BCUT2D eigenvalue weighted by Gasteiger charge is 2.32. The van der Waals surface area contributed by atoms with Crippen molar-refractivity contribution in [1.29, 1.82) is 0 Å². The minimum Gasteiger partial charge on any atom is -0.496 e. The number of likely N-dealkylation sites (tertiary alicyclic amines) is 1. The zero-order valence-electron chi connectivity index (χ0n) is 18.3. The van der Waals surface area contributed by atoms with Crippen LogP contribution in [0.15, 0.2) is 18.2 Å². The number of methoxy groups -OCH3 is 1. The van der Waals surface area contributed by atoms with Gasteiger partial charge in [-0.05, 0) is 38.2 Å². The van der Waals surface area contributed by atoms with Gasteiger partial charge < -0.3 is 9.64 Å². The second kappa shape index (κ2) is 9.27. The number of benzene rings is 1. The molecule has 1 amide bonds. The lowest BCUT2D eigenvalue weighted by atomic mass is 9.91. The van der Waals surface area contributed by atoms with Crippen molar-refractivity contribution in [3.05, 3.63) is 29.3 Å². The quantitative estimate of drug-likeness (QED) is 0.778. The number of hydrogen-bond acceptors (Lipinski definition) is 4. The molecule has 0 saturated carbocycles. The first-order valence-corrected chi connectivity index (χ1v) is 10.8. The van der Waals surface area contributed by atoms with Gasteiger partial charge >= 0.3 is 0 Å². The normalized spacial score (nSPS) is 25.5. The van der Waals surface area contributed by atoms with Crippen LogP contribution in [0.25, 0.3) is 0 Å². The van der Waals surface area contributed by atoms with E-state index in [2.05, 4.69) is 60.6 Å². The first-order valence-electron chi connectivity index (χ1n) is 10.8. The van der Waals surface area contributed by atoms with Gasteiger partial charge in [0.1, 0.15) is 5.75 Å². The summed E-state index contributed by atoms with van der Waals surface area (Å²) in [5, 5.41) is 0. The van der Waals surface area contributed by atoms with E-state index in [1.165, 1.54) is 17.5 Å². The average molecular weight is 388 g/mol. The Labute approximate surface area is 170 Å². The second-order valence-electron chi connectivity index (χ2n) is 8.99. The van der Waals surface area contributed by atoms with E-state index in [1.54, 1.807) is 7.11 Å². The Morgan fingerprint density at radius 3 is 2.39 bits per heavy atom. The molecule has 1 aromatic rings. The molecule has 3 atom stereocenters. The van der Waals surface area contributed by atoms with Gasteiger partial charge in [0.2, 0.25) is 5.91 Å². The van der Waals surface area contributed by atoms with E-state index in [0.717, 1.165) is 51.6 Å². The van der Waals surface area contributed by atoms with Crippen molar-refractivity contribution in [2.45, 2.75) is 46.7 Å².